The first-order valence-electron chi connectivity index (χ1n) is 7.13. The largest absolute Gasteiger partial charge is 0.489 e. The zero-order chi connectivity index (χ0) is 15.1. The lowest BCUT2D eigenvalue weighted by atomic mass is 10.1. The summed E-state index contributed by atoms with van der Waals surface area (Å²) in [6, 6.07) is 14.2. The molecular formula is C18H18FNO. The van der Waals surface area contributed by atoms with Gasteiger partial charge in [-0.3, -0.25) is 0 Å². The summed E-state index contributed by atoms with van der Waals surface area (Å²) in [6.45, 7) is 2.33. The van der Waals surface area contributed by atoms with Gasteiger partial charge in [0.25, 0.3) is 0 Å². The third kappa shape index (κ3) is 4.32. The Labute approximate surface area is 124 Å². The molecular weight excluding hydrogens is 265 g/mol. The van der Waals surface area contributed by atoms with E-state index in [0.29, 0.717) is 11.1 Å². The van der Waals surface area contributed by atoms with Crippen molar-refractivity contribution in [3.8, 4) is 11.8 Å². The maximum Gasteiger partial charge on any atom is 0.131 e. The van der Waals surface area contributed by atoms with Gasteiger partial charge in [-0.25, -0.2) is 4.39 Å². The predicted octanol–water partition coefficient (Wildman–Crippen LogP) is 4.62. The molecule has 0 saturated heterocycles. The highest BCUT2D eigenvalue weighted by Gasteiger charge is 2.04. The van der Waals surface area contributed by atoms with Crippen molar-refractivity contribution in [3.05, 3.63) is 65.0 Å². The summed E-state index contributed by atoms with van der Waals surface area (Å²) in [5.74, 6) is 0.313. The van der Waals surface area contributed by atoms with E-state index in [2.05, 4.69) is 6.92 Å². The van der Waals surface area contributed by atoms with Gasteiger partial charge in [0.2, 0.25) is 0 Å². The smallest absolute Gasteiger partial charge is 0.131 e. The third-order valence-electron chi connectivity index (χ3n) is 3.32. The van der Waals surface area contributed by atoms with Crippen LogP contribution in [0.5, 0.6) is 5.75 Å². The quantitative estimate of drug-likeness (QED) is 0.775. The van der Waals surface area contributed by atoms with Gasteiger partial charge in [0.1, 0.15) is 18.2 Å². The molecule has 0 aromatic heterocycles. The van der Waals surface area contributed by atoms with Crippen LogP contribution in [-0.2, 0) is 13.0 Å². The van der Waals surface area contributed by atoms with Crippen molar-refractivity contribution in [1.82, 2.24) is 0 Å². The predicted molar refractivity (Wildman–Crippen MR) is 80.5 cm³/mol. The molecule has 21 heavy (non-hydrogen) atoms. The maximum absolute atomic E-state index is 13.7. The van der Waals surface area contributed by atoms with Crippen LogP contribution < -0.4 is 4.74 Å². The minimum absolute atomic E-state index is 0.159. The molecule has 0 aliphatic rings. The number of hydrogen-bond acceptors (Lipinski definition) is 2. The molecule has 0 atom stereocenters. The summed E-state index contributed by atoms with van der Waals surface area (Å²) in [5.41, 5.74) is 2.05. The van der Waals surface area contributed by atoms with Crippen LogP contribution in [0.2, 0.25) is 0 Å². The normalized spacial score (nSPS) is 10.1. The van der Waals surface area contributed by atoms with Crippen molar-refractivity contribution in [2.24, 2.45) is 0 Å². The highest BCUT2D eigenvalue weighted by Crippen LogP contribution is 2.17. The van der Waals surface area contributed by atoms with Crippen molar-refractivity contribution in [2.45, 2.75) is 32.8 Å². The van der Waals surface area contributed by atoms with Crippen molar-refractivity contribution in [1.29, 1.82) is 5.26 Å². The topological polar surface area (TPSA) is 33.0 Å². The molecule has 0 unspecified atom stereocenters. The average molecular weight is 283 g/mol. The summed E-state index contributed by atoms with van der Waals surface area (Å²) in [4.78, 5) is 0. The van der Waals surface area contributed by atoms with E-state index in [1.807, 2.05) is 30.3 Å². The van der Waals surface area contributed by atoms with Crippen LogP contribution in [0.4, 0.5) is 4.39 Å². The SMILES string of the molecule is CCCCc1ccc(OCc2ccc(C#N)cc2F)cc1. The Bertz CT molecular complexity index is 629. The van der Waals surface area contributed by atoms with Gasteiger partial charge >= 0.3 is 0 Å². The zero-order valence-electron chi connectivity index (χ0n) is 12.1. The van der Waals surface area contributed by atoms with Crippen molar-refractivity contribution in [2.75, 3.05) is 0 Å². The first-order valence-corrected chi connectivity index (χ1v) is 7.13. The van der Waals surface area contributed by atoms with Gasteiger partial charge in [0.15, 0.2) is 0 Å². The summed E-state index contributed by atoms with van der Waals surface area (Å²) in [6.07, 6.45) is 3.42. The fourth-order valence-corrected chi connectivity index (χ4v) is 2.03. The lowest BCUT2D eigenvalue weighted by Gasteiger charge is -2.08. The Morgan fingerprint density at radius 1 is 1.14 bits per heavy atom. The lowest BCUT2D eigenvalue weighted by molar-refractivity contribution is 0.300. The molecule has 0 heterocycles. The van der Waals surface area contributed by atoms with E-state index in [9.17, 15) is 4.39 Å². The van der Waals surface area contributed by atoms with Crippen LogP contribution in [0.3, 0.4) is 0 Å². The minimum atomic E-state index is -0.409. The second-order valence-electron chi connectivity index (χ2n) is 4.95. The molecule has 2 rings (SSSR count). The molecule has 0 saturated carbocycles. The average Bonchev–Trinajstić information content (AvgIpc) is 2.52. The lowest BCUT2D eigenvalue weighted by Crippen LogP contribution is -1.99. The molecule has 3 heteroatoms. The Kier molecular flexibility index (Phi) is 5.34. The van der Waals surface area contributed by atoms with Crippen molar-refractivity contribution in [3.63, 3.8) is 0 Å². The highest BCUT2D eigenvalue weighted by molar-refractivity contribution is 5.33. The molecule has 2 nitrogen and oxygen atoms in total. The highest BCUT2D eigenvalue weighted by atomic mass is 19.1. The van der Waals surface area contributed by atoms with Crippen LogP contribution in [0, 0.1) is 17.1 Å². The van der Waals surface area contributed by atoms with Crippen LogP contribution in [-0.4, -0.2) is 0 Å². The number of benzene rings is 2. The first-order chi connectivity index (χ1) is 10.2. The van der Waals surface area contributed by atoms with E-state index in [-0.39, 0.29) is 6.61 Å². The molecule has 2 aromatic carbocycles. The number of rotatable bonds is 6. The summed E-state index contributed by atoms with van der Waals surface area (Å²) in [7, 11) is 0. The number of halogens is 1. The molecule has 108 valence electrons. The molecule has 0 amide bonds. The van der Waals surface area contributed by atoms with Gasteiger partial charge < -0.3 is 4.74 Å². The van der Waals surface area contributed by atoms with Gasteiger partial charge in [0.05, 0.1) is 11.6 Å². The number of nitriles is 1. The maximum atomic E-state index is 13.7. The Hall–Kier alpha value is -2.34. The first kappa shape index (κ1) is 15.1. The molecule has 0 bridgehead atoms. The van der Waals surface area contributed by atoms with Crippen molar-refractivity contribution >= 4 is 0 Å². The number of ether oxygens (including phenoxy) is 1. The number of unbranched alkanes of at least 4 members (excludes halogenated alkanes) is 1. The van der Waals surface area contributed by atoms with Gasteiger partial charge in [-0.1, -0.05) is 31.5 Å². The van der Waals surface area contributed by atoms with E-state index < -0.39 is 5.82 Å². The zero-order valence-corrected chi connectivity index (χ0v) is 12.1. The standard InChI is InChI=1S/C18H18FNO/c1-2-3-4-14-6-9-17(10-7-14)21-13-16-8-5-15(12-20)11-18(16)19/h5-11H,2-4,13H2,1H3. The van der Waals surface area contributed by atoms with Gasteiger partial charge in [-0.15, -0.1) is 0 Å². The number of hydrogen-bond donors (Lipinski definition) is 0. The van der Waals surface area contributed by atoms with E-state index in [0.717, 1.165) is 12.2 Å². The molecule has 0 radical (unpaired) electrons. The van der Waals surface area contributed by atoms with Gasteiger partial charge in [0, 0.05) is 5.56 Å². The molecule has 2 aromatic rings. The fourth-order valence-electron chi connectivity index (χ4n) is 2.03. The Morgan fingerprint density at radius 3 is 2.52 bits per heavy atom. The Morgan fingerprint density at radius 2 is 1.90 bits per heavy atom. The molecule has 0 fully saturated rings. The second kappa shape index (κ2) is 7.44. The summed E-state index contributed by atoms with van der Waals surface area (Å²) < 4.78 is 19.3. The Balaban J connectivity index is 1.95. The van der Waals surface area contributed by atoms with Gasteiger partial charge in [-0.2, -0.15) is 5.26 Å². The molecule has 0 spiro atoms. The van der Waals surface area contributed by atoms with E-state index in [1.165, 1.54) is 24.5 Å². The molecule has 0 aliphatic carbocycles. The number of nitrogens with zero attached hydrogens (tertiary/aromatic N) is 1. The molecule has 0 aliphatic heterocycles. The fraction of sp³-hybridized carbons (Fsp3) is 0.278. The van der Waals surface area contributed by atoms with Crippen LogP contribution >= 0.6 is 0 Å². The number of aryl methyl sites for hydroxylation is 1. The minimum Gasteiger partial charge on any atom is -0.489 e. The van der Waals surface area contributed by atoms with Crippen LogP contribution in [0.25, 0.3) is 0 Å². The van der Waals surface area contributed by atoms with Crippen LogP contribution in [0.1, 0.15) is 36.5 Å². The molecule has 0 N–H and O–H groups in total. The van der Waals surface area contributed by atoms with Crippen LogP contribution in [0.15, 0.2) is 42.5 Å². The summed E-state index contributed by atoms with van der Waals surface area (Å²) in [5, 5.41) is 8.70. The van der Waals surface area contributed by atoms with Crippen molar-refractivity contribution < 1.29 is 9.13 Å². The van der Waals surface area contributed by atoms with E-state index >= 15 is 0 Å². The third-order valence-corrected chi connectivity index (χ3v) is 3.32. The van der Waals surface area contributed by atoms with Gasteiger partial charge in [-0.05, 0) is 42.7 Å². The monoisotopic (exact) mass is 283 g/mol. The second-order valence-corrected chi connectivity index (χ2v) is 4.95. The van der Waals surface area contributed by atoms with E-state index in [1.54, 1.807) is 12.1 Å². The van der Waals surface area contributed by atoms with E-state index in [4.69, 9.17) is 10.00 Å². The summed E-state index contributed by atoms with van der Waals surface area (Å²) >= 11 is 0.